The smallest absolute Gasteiger partial charge is 0.204 e. The van der Waals surface area contributed by atoms with Crippen LogP contribution in [0.2, 0.25) is 0 Å². The fraction of sp³-hybridized carbons (Fsp3) is 0.778. The summed E-state index contributed by atoms with van der Waals surface area (Å²) in [5.41, 5.74) is 6.09. The molecule has 4 nitrogen and oxygen atoms in total. The quantitative estimate of drug-likeness (QED) is 0.797. The first-order valence-corrected chi connectivity index (χ1v) is 5.73. The molecule has 1 fully saturated rings. The van der Waals surface area contributed by atoms with Gasteiger partial charge < -0.3 is 10.6 Å². The van der Waals surface area contributed by atoms with E-state index in [9.17, 15) is 0 Å². The van der Waals surface area contributed by atoms with Crippen molar-refractivity contribution in [2.75, 3.05) is 24.5 Å². The van der Waals surface area contributed by atoms with Crippen LogP contribution in [0.3, 0.4) is 0 Å². The maximum absolute atomic E-state index is 5.76. The van der Waals surface area contributed by atoms with E-state index in [4.69, 9.17) is 5.73 Å². The highest BCUT2D eigenvalue weighted by atomic mass is 32.1. The van der Waals surface area contributed by atoms with E-state index in [0.717, 1.165) is 37.6 Å². The molecule has 0 amide bonds. The highest BCUT2D eigenvalue weighted by Gasteiger charge is 2.29. The summed E-state index contributed by atoms with van der Waals surface area (Å²) in [6, 6.07) is 0. The zero-order chi connectivity index (χ0) is 10.0. The third-order valence-electron chi connectivity index (χ3n) is 3.08. The van der Waals surface area contributed by atoms with Crippen LogP contribution in [0.5, 0.6) is 0 Å². The Balaban J connectivity index is 1.97. The van der Waals surface area contributed by atoms with Gasteiger partial charge in [-0.3, -0.25) is 0 Å². The molecule has 0 aliphatic carbocycles. The van der Waals surface area contributed by atoms with Crippen LogP contribution in [0.25, 0.3) is 0 Å². The van der Waals surface area contributed by atoms with Gasteiger partial charge in [-0.05, 0) is 24.8 Å². The molecule has 0 atom stereocenters. The Labute approximate surface area is 88.3 Å². The number of nitrogens with zero attached hydrogens (tertiary/aromatic N) is 3. The number of rotatable bonds is 2. The lowest BCUT2D eigenvalue weighted by Crippen LogP contribution is -2.42. The van der Waals surface area contributed by atoms with Crippen LogP contribution in [0.1, 0.15) is 19.8 Å². The predicted molar refractivity (Wildman–Crippen MR) is 58.5 cm³/mol. The molecule has 14 heavy (non-hydrogen) atoms. The van der Waals surface area contributed by atoms with Gasteiger partial charge in [-0.15, -0.1) is 0 Å². The predicted octanol–water partition coefficient (Wildman–Crippen LogP) is 1.10. The minimum atomic E-state index is 0.335. The fourth-order valence-corrected chi connectivity index (χ4v) is 2.33. The van der Waals surface area contributed by atoms with Crippen LogP contribution < -0.4 is 10.6 Å². The lowest BCUT2D eigenvalue weighted by molar-refractivity contribution is 0.258. The Morgan fingerprint density at radius 3 is 2.79 bits per heavy atom. The van der Waals surface area contributed by atoms with Crippen LogP contribution in [-0.2, 0) is 0 Å². The Morgan fingerprint density at radius 1 is 1.57 bits per heavy atom. The second-order valence-electron chi connectivity index (χ2n) is 4.23. The zero-order valence-electron chi connectivity index (χ0n) is 8.44. The molecular weight excluding hydrogens is 196 g/mol. The summed E-state index contributed by atoms with van der Waals surface area (Å²) < 4.78 is 4.02. The van der Waals surface area contributed by atoms with Crippen molar-refractivity contribution in [3.8, 4) is 0 Å². The summed E-state index contributed by atoms with van der Waals surface area (Å²) in [5.74, 6) is 0. The molecule has 2 heterocycles. The Kier molecular flexibility index (Phi) is 2.69. The summed E-state index contributed by atoms with van der Waals surface area (Å²) in [5, 5.41) is 1.05. The number of piperidine rings is 1. The number of hydrogen-bond donors (Lipinski definition) is 1. The highest BCUT2D eigenvalue weighted by Crippen LogP contribution is 2.31. The van der Waals surface area contributed by atoms with Gasteiger partial charge in [-0.25, -0.2) is 4.98 Å². The SMILES string of the molecule is CC1(CN)CCN(c2ncns2)CC1. The molecule has 0 spiro atoms. The molecule has 1 aliphatic rings. The van der Waals surface area contributed by atoms with E-state index < -0.39 is 0 Å². The Morgan fingerprint density at radius 2 is 2.29 bits per heavy atom. The van der Waals surface area contributed by atoms with Crippen molar-refractivity contribution in [2.45, 2.75) is 19.8 Å². The summed E-state index contributed by atoms with van der Waals surface area (Å²) in [6.45, 7) is 5.17. The third-order valence-corrected chi connectivity index (χ3v) is 3.81. The van der Waals surface area contributed by atoms with E-state index in [1.807, 2.05) is 0 Å². The standard InChI is InChI=1S/C9H16N4S/c1-9(6-10)2-4-13(5-3-9)8-11-7-12-14-8/h7H,2-6,10H2,1H3. The fourth-order valence-electron chi connectivity index (χ4n) is 1.75. The minimum Gasteiger partial charge on any atom is -0.347 e. The monoisotopic (exact) mass is 212 g/mol. The van der Waals surface area contributed by atoms with Crippen LogP contribution in [-0.4, -0.2) is 29.0 Å². The Hall–Kier alpha value is -0.680. The molecule has 0 saturated carbocycles. The van der Waals surface area contributed by atoms with Gasteiger partial charge in [0.15, 0.2) is 0 Å². The lowest BCUT2D eigenvalue weighted by atomic mass is 9.81. The van der Waals surface area contributed by atoms with Crippen molar-refractivity contribution >= 4 is 16.7 Å². The van der Waals surface area contributed by atoms with Crippen molar-refractivity contribution in [1.82, 2.24) is 9.36 Å². The van der Waals surface area contributed by atoms with Gasteiger partial charge in [0.25, 0.3) is 0 Å². The molecule has 78 valence electrons. The molecule has 0 radical (unpaired) electrons. The zero-order valence-corrected chi connectivity index (χ0v) is 9.26. The van der Waals surface area contributed by atoms with Crippen molar-refractivity contribution in [2.24, 2.45) is 11.1 Å². The van der Waals surface area contributed by atoms with E-state index in [0.29, 0.717) is 5.41 Å². The third kappa shape index (κ3) is 1.88. The molecular formula is C9H16N4S. The first kappa shape index (κ1) is 9.86. The molecule has 1 aliphatic heterocycles. The molecule has 2 N–H and O–H groups in total. The number of hydrogen-bond acceptors (Lipinski definition) is 5. The van der Waals surface area contributed by atoms with Gasteiger partial charge >= 0.3 is 0 Å². The number of anilines is 1. The van der Waals surface area contributed by atoms with E-state index in [2.05, 4.69) is 21.2 Å². The van der Waals surface area contributed by atoms with Crippen molar-refractivity contribution in [3.63, 3.8) is 0 Å². The normalized spacial score (nSPS) is 21.1. The largest absolute Gasteiger partial charge is 0.347 e. The highest BCUT2D eigenvalue weighted by molar-refractivity contribution is 7.09. The van der Waals surface area contributed by atoms with Gasteiger partial charge in [-0.2, -0.15) is 4.37 Å². The Bertz CT molecular complexity index is 277. The molecule has 1 aromatic heterocycles. The summed E-state index contributed by atoms with van der Waals surface area (Å²) in [6.07, 6.45) is 3.93. The topological polar surface area (TPSA) is 55.0 Å². The maximum Gasteiger partial charge on any atom is 0.204 e. The van der Waals surface area contributed by atoms with Crippen molar-refractivity contribution < 1.29 is 0 Å². The maximum atomic E-state index is 5.76. The van der Waals surface area contributed by atoms with E-state index in [1.54, 1.807) is 6.33 Å². The van der Waals surface area contributed by atoms with Gasteiger partial charge in [0.05, 0.1) is 0 Å². The minimum absolute atomic E-state index is 0.335. The molecule has 2 rings (SSSR count). The number of aromatic nitrogens is 2. The van der Waals surface area contributed by atoms with E-state index >= 15 is 0 Å². The molecule has 0 bridgehead atoms. The summed E-state index contributed by atoms with van der Waals surface area (Å²) in [4.78, 5) is 6.52. The summed E-state index contributed by atoms with van der Waals surface area (Å²) >= 11 is 1.47. The van der Waals surface area contributed by atoms with Crippen LogP contribution in [0, 0.1) is 5.41 Å². The average molecular weight is 212 g/mol. The van der Waals surface area contributed by atoms with E-state index in [-0.39, 0.29) is 0 Å². The second kappa shape index (κ2) is 3.82. The molecule has 1 aromatic rings. The molecule has 1 saturated heterocycles. The molecule has 0 aromatic carbocycles. The average Bonchev–Trinajstić information content (AvgIpc) is 2.72. The molecule has 5 heteroatoms. The van der Waals surface area contributed by atoms with Crippen LogP contribution >= 0.6 is 11.5 Å². The lowest BCUT2D eigenvalue weighted by Gasteiger charge is -2.38. The molecule has 0 unspecified atom stereocenters. The van der Waals surface area contributed by atoms with Gasteiger partial charge in [0.2, 0.25) is 5.13 Å². The second-order valence-corrected chi connectivity index (χ2v) is 4.98. The van der Waals surface area contributed by atoms with E-state index in [1.165, 1.54) is 11.5 Å². The van der Waals surface area contributed by atoms with Gasteiger partial charge in [0, 0.05) is 24.6 Å². The van der Waals surface area contributed by atoms with Crippen LogP contribution in [0.15, 0.2) is 6.33 Å². The summed E-state index contributed by atoms with van der Waals surface area (Å²) in [7, 11) is 0. The van der Waals surface area contributed by atoms with Crippen molar-refractivity contribution in [3.05, 3.63) is 6.33 Å². The number of nitrogens with two attached hydrogens (primary N) is 1. The first-order valence-electron chi connectivity index (χ1n) is 4.95. The van der Waals surface area contributed by atoms with Crippen molar-refractivity contribution in [1.29, 1.82) is 0 Å². The van der Waals surface area contributed by atoms with Gasteiger partial charge in [0.1, 0.15) is 6.33 Å². The van der Waals surface area contributed by atoms with Crippen LogP contribution in [0.4, 0.5) is 5.13 Å². The first-order chi connectivity index (χ1) is 6.73. The van der Waals surface area contributed by atoms with Gasteiger partial charge in [-0.1, -0.05) is 6.92 Å².